The third kappa shape index (κ3) is 4.72. The van der Waals surface area contributed by atoms with Gasteiger partial charge in [0.2, 0.25) is 0 Å². The summed E-state index contributed by atoms with van der Waals surface area (Å²) in [6.07, 6.45) is 0. The Balaban J connectivity index is 1.11. The van der Waals surface area contributed by atoms with Gasteiger partial charge in [0.05, 0.1) is 0 Å². The largest absolute Gasteiger partial charge is 0.310 e. The zero-order valence-corrected chi connectivity index (χ0v) is 30.4. The molecule has 4 heteroatoms. The highest BCUT2D eigenvalue weighted by Gasteiger charge is 2.19. The first kappa shape index (κ1) is 29.9. The second kappa shape index (κ2) is 11.9. The minimum atomic E-state index is 1.13. The molecule has 8 aromatic carbocycles. The van der Waals surface area contributed by atoms with Gasteiger partial charge in [-0.3, -0.25) is 0 Å². The molecule has 0 aliphatic carbocycles. The SMILES string of the molecule is c1ccc(-c2ccc(N(c3cccc(-c4cccc5sc6ccc7c8ccccc8sc7c6c45)c3)c3ccc4c(c3)sc3ccccc34)cc2)cc1. The van der Waals surface area contributed by atoms with Crippen LogP contribution >= 0.6 is 34.0 Å². The average Bonchev–Trinajstić information content (AvgIpc) is 3.89. The van der Waals surface area contributed by atoms with Crippen LogP contribution < -0.4 is 4.90 Å². The van der Waals surface area contributed by atoms with Crippen LogP contribution in [0.3, 0.4) is 0 Å². The monoisotopic (exact) mass is 715 g/mol. The number of rotatable bonds is 5. The van der Waals surface area contributed by atoms with Crippen molar-refractivity contribution in [3.05, 3.63) is 176 Å². The molecule has 3 aromatic heterocycles. The Morgan fingerprint density at radius 2 is 0.885 bits per heavy atom. The maximum atomic E-state index is 2.41. The molecule has 11 rings (SSSR count). The van der Waals surface area contributed by atoms with Gasteiger partial charge in [0.1, 0.15) is 0 Å². The molecule has 0 unspecified atom stereocenters. The predicted molar refractivity (Wildman–Crippen MR) is 231 cm³/mol. The van der Waals surface area contributed by atoms with Gasteiger partial charge >= 0.3 is 0 Å². The van der Waals surface area contributed by atoms with Crippen LogP contribution in [0.5, 0.6) is 0 Å². The second-order valence-corrected chi connectivity index (χ2v) is 16.5. The lowest BCUT2D eigenvalue weighted by Gasteiger charge is -2.26. The van der Waals surface area contributed by atoms with Crippen molar-refractivity contribution in [1.82, 2.24) is 0 Å². The topological polar surface area (TPSA) is 3.24 Å². The van der Waals surface area contributed by atoms with Gasteiger partial charge in [-0.1, -0.05) is 115 Å². The first-order valence-electron chi connectivity index (χ1n) is 17.5. The summed E-state index contributed by atoms with van der Waals surface area (Å²) in [4.78, 5) is 2.41. The molecule has 244 valence electrons. The van der Waals surface area contributed by atoms with Gasteiger partial charge in [-0.15, -0.1) is 34.0 Å². The maximum Gasteiger partial charge on any atom is 0.0476 e. The molecule has 0 saturated heterocycles. The Morgan fingerprint density at radius 3 is 1.73 bits per heavy atom. The molecular formula is C48H29NS3. The van der Waals surface area contributed by atoms with Crippen LogP contribution in [0.25, 0.3) is 82.8 Å². The van der Waals surface area contributed by atoms with Crippen LogP contribution in [0.15, 0.2) is 176 Å². The van der Waals surface area contributed by atoms with Gasteiger partial charge in [-0.2, -0.15) is 0 Å². The fourth-order valence-corrected chi connectivity index (χ4v) is 11.5. The highest BCUT2D eigenvalue weighted by atomic mass is 32.1. The summed E-state index contributed by atoms with van der Waals surface area (Å²) in [5, 5.41) is 8.04. The highest BCUT2D eigenvalue weighted by molar-refractivity contribution is 7.30. The molecule has 0 aliphatic rings. The molecule has 3 heterocycles. The Labute approximate surface area is 312 Å². The lowest BCUT2D eigenvalue weighted by Crippen LogP contribution is -2.10. The van der Waals surface area contributed by atoms with E-state index >= 15 is 0 Å². The smallest absolute Gasteiger partial charge is 0.0476 e. The van der Waals surface area contributed by atoms with Crippen molar-refractivity contribution in [2.75, 3.05) is 4.90 Å². The van der Waals surface area contributed by atoms with Crippen LogP contribution in [-0.4, -0.2) is 0 Å². The molecule has 0 N–H and O–H groups in total. The zero-order valence-electron chi connectivity index (χ0n) is 27.9. The second-order valence-electron chi connectivity index (χ2n) is 13.3. The molecular weight excluding hydrogens is 687 g/mol. The third-order valence-electron chi connectivity index (χ3n) is 10.3. The van der Waals surface area contributed by atoms with Crippen LogP contribution in [0.4, 0.5) is 17.1 Å². The standard InChI is InChI=1S/C48H29NS3/c1-2-10-30(11-3-1)31-20-22-33(23-21-31)49(35-24-25-39-37-14-4-6-17-41(37)50-45(39)29-35)34-13-8-12-32(28-34)36-16-9-19-43-46(36)47-44(51-43)27-26-40-38-15-5-7-18-42(38)52-48(40)47/h1-29H. The minimum absolute atomic E-state index is 1.13. The molecule has 0 spiro atoms. The van der Waals surface area contributed by atoms with E-state index in [1.807, 2.05) is 34.0 Å². The Kier molecular flexibility index (Phi) is 6.84. The van der Waals surface area contributed by atoms with Gasteiger partial charge in [-0.05, 0) is 82.9 Å². The van der Waals surface area contributed by atoms with Crippen molar-refractivity contribution in [3.63, 3.8) is 0 Å². The van der Waals surface area contributed by atoms with Crippen molar-refractivity contribution in [3.8, 4) is 22.3 Å². The first-order valence-corrected chi connectivity index (χ1v) is 19.9. The number of fused-ring (bicyclic) bond motifs is 10. The quantitative estimate of drug-likeness (QED) is 0.171. The number of thiophene rings is 3. The van der Waals surface area contributed by atoms with Crippen LogP contribution in [0.1, 0.15) is 0 Å². The van der Waals surface area contributed by atoms with E-state index in [1.165, 1.54) is 82.8 Å². The van der Waals surface area contributed by atoms with Gasteiger partial charge in [-0.25, -0.2) is 0 Å². The van der Waals surface area contributed by atoms with Crippen molar-refractivity contribution >= 4 is 112 Å². The number of anilines is 3. The molecule has 0 aliphatic heterocycles. The van der Waals surface area contributed by atoms with Crippen molar-refractivity contribution < 1.29 is 0 Å². The van der Waals surface area contributed by atoms with E-state index in [4.69, 9.17) is 0 Å². The average molecular weight is 716 g/mol. The van der Waals surface area contributed by atoms with E-state index < -0.39 is 0 Å². The fourth-order valence-electron chi connectivity index (χ4n) is 7.87. The summed E-state index contributed by atoms with van der Waals surface area (Å²) in [6, 6.07) is 64.7. The summed E-state index contributed by atoms with van der Waals surface area (Å²) >= 11 is 5.68. The summed E-state index contributed by atoms with van der Waals surface area (Å²) in [5.41, 5.74) is 8.33. The predicted octanol–water partition coefficient (Wildman–Crippen LogP) is 15.6. The lowest BCUT2D eigenvalue weighted by atomic mass is 9.98. The third-order valence-corrected chi connectivity index (χ3v) is 13.7. The molecule has 1 nitrogen and oxygen atoms in total. The molecule has 0 saturated carbocycles. The lowest BCUT2D eigenvalue weighted by molar-refractivity contribution is 1.29. The summed E-state index contributed by atoms with van der Waals surface area (Å²) < 4.78 is 8.00. The molecule has 0 fully saturated rings. The van der Waals surface area contributed by atoms with E-state index in [9.17, 15) is 0 Å². The maximum absolute atomic E-state index is 2.41. The van der Waals surface area contributed by atoms with Crippen molar-refractivity contribution in [2.24, 2.45) is 0 Å². The van der Waals surface area contributed by atoms with E-state index in [-0.39, 0.29) is 0 Å². The van der Waals surface area contributed by atoms with Crippen molar-refractivity contribution in [1.29, 1.82) is 0 Å². The van der Waals surface area contributed by atoms with Crippen molar-refractivity contribution in [2.45, 2.75) is 0 Å². The van der Waals surface area contributed by atoms with E-state index in [1.54, 1.807) is 0 Å². The van der Waals surface area contributed by atoms with E-state index in [0.29, 0.717) is 0 Å². The Hall–Kier alpha value is -5.78. The van der Waals surface area contributed by atoms with Gasteiger partial charge in [0.25, 0.3) is 0 Å². The van der Waals surface area contributed by atoms with E-state index in [0.717, 1.165) is 17.1 Å². The molecule has 52 heavy (non-hydrogen) atoms. The molecule has 11 aromatic rings. The first-order chi connectivity index (χ1) is 25.8. The summed E-state index contributed by atoms with van der Waals surface area (Å²) in [7, 11) is 0. The van der Waals surface area contributed by atoms with Gasteiger partial charge < -0.3 is 4.90 Å². The Bertz CT molecular complexity index is 3130. The highest BCUT2D eigenvalue weighted by Crippen LogP contribution is 2.48. The summed E-state index contributed by atoms with van der Waals surface area (Å²) in [6.45, 7) is 0. The van der Waals surface area contributed by atoms with E-state index in [2.05, 4.69) is 181 Å². The number of hydrogen-bond donors (Lipinski definition) is 0. The molecule has 0 bridgehead atoms. The number of benzene rings is 8. The fraction of sp³-hybridized carbons (Fsp3) is 0. The van der Waals surface area contributed by atoms with Gasteiger partial charge in [0.15, 0.2) is 0 Å². The normalized spacial score (nSPS) is 11.8. The van der Waals surface area contributed by atoms with Gasteiger partial charge in [0, 0.05) is 77.6 Å². The van der Waals surface area contributed by atoms with Crippen LogP contribution in [-0.2, 0) is 0 Å². The molecule has 0 amide bonds. The summed E-state index contributed by atoms with van der Waals surface area (Å²) in [5.74, 6) is 0. The molecule has 0 radical (unpaired) electrons. The van der Waals surface area contributed by atoms with Crippen LogP contribution in [0, 0.1) is 0 Å². The minimum Gasteiger partial charge on any atom is -0.310 e. The van der Waals surface area contributed by atoms with Crippen LogP contribution in [0.2, 0.25) is 0 Å². The zero-order chi connectivity index (χ0) is 34.2. The number of hydrogen-bond acceptors (Lipinski definition) is 4. The number of nitrogens with zero attached hydrogens (tertiary/aromatic N) is 1. The molecule has 0 atom stereocenters. The Morgan fingerprint density at radius 1 is 0.308 bits per heavy atom.